The first-order valence-corrected chi connectivity index (χ1v) is 4.93. The van der Waals surface area contributed by atoms with E-state index in [9.17, 15) is 4.79 Å². The third kappa shape index (κ3) is 4.50. The number of hydrogen-bond donors (Lipinski definition) is 0. The molecule has 2 radical (unpaired) electrons. The first-order chi connectivity index (χ1) is 7.69. The minimum atomic E-state index is -0.358. The van der Waals surface area contributed by atoms with Crippen LogP contribution in [-0.2, 0) is 26.3 Å². The normalized spacial score (nSPS) is 10.3. The first-order valence-electron chi connectivity index (χ1n) is 4.93. The number of benzene rings is 1. The van der Waals surface area contributed by atoms with Gasteiger partial charge in [-0.3, -0.25) is 0 Å². The predicted molar refractivity (Wildman–Crippen MR) is 64.7 cm³/mol. The van der Waals surface area contributed by atoms with Crippen LogP contribution >= 0.6 is 0 Å². The van der Waals surface area contributed by atoms with Crippen molar-refractivity contribution in [3.63, 3.8) is 0 Å². The summed E-state index contributed by atoms with van der Waals surface area (Å²) in [5.41, 5.74) is 1.98. The molecule has 0 aromatic heterocycles. The van der Waals surface area contributed by atoms with E-state index in [0.29, 0.717) is 17.6 Å². The van der Waals surface area contributed by atoms with Gasteiger partial charge in [-0.05, 0) is 6.42 Å². The first kappa shape index (κ1) is 15.5. The van der Waals surface area contributed by atoms with Gasteiger partial charge in [0.1, 0.15) is 0 Å². The fraction of sp³-hybridized carbons (Fsp3) is 0.143. The summed E-state index contributed by atoms with van der Waals surface area (Å²) in [6.45, 7) is 9.39. The molecule has 0 saturated heterocycles. The quantitative estimate of drug-likeness (QED) is 0.365. The van der Waals surface area contributed by atoms with Crippen LogP contribution in [0.2, 0.25) is 0 Å². The van der Waals surface area contributed by atoms with Gasteiger partial charge in [0.25, 0.3) is 0 Å². The number of hydrogen-bond acceptors (Lipinski definition) is 2. The zero-order chi connectivity index (χ0) is 12.0. The third-order valence-corrected chi connectivity index (χ3v) is 2.14. The molecule has 1 aromatic rings. The Morgan fingerprint density at radius 2 is 2.12 bits per heavy atom. The number of carbonyl (C=O) groups excluding carboxylic acids is 1. The van der Waals surface area contributed by atoms with Gasteiger partial charge in [0.2, 0.25) is 0 Å². The van der Waals surface area contributed by atoms with Crippen molar-refractivity contribution in [1.29, 1.82) is 0 Å². The minimum Gasteiger partial charge on any atom is -0.466 e. The van der Waals surface area contributed by atoms with Gasteiger partial charge in [0, 0.05) is 22.4 Å². The smallest absolute Gasteiger partial charge is 0.332 e. The van der Waals surface area contributed by atoms with Crippen LogP contribution in [0.15, 0.2) is 42.5 Å². The maximum Gasteiger partial charge on any atom is 0.332 e. The van der Waals surface area contributed by atoms with E-state index in [1.807, 2.05) is 18.2 Å². The number of carbonyl (C=O) groups is 1. The number of esters is 1. The van der Waals surface area contributed by atoms with Crippen molar-refractivity contribution in [2.75, 3.05) is 7.11 Å². The number of methoxy groups -OCH3 is 1. The van der Waals surface area contributed by atoms with Crippen molar-refractivity contribution in [2.24, 2.45) is 0 Å². The van der Waals surface area contributed by atoms with E-state index in [-0.39, 0.29) is 22.7 Å². The molecule has 0 unspecified atom stereocenters. The minimum absolute atomic E-state index is 0. The van der Waals surface area contributed by atoms with E-state index in [1.165, 1.54) is 7.11 Å². The fourth-order valence-electron chi connectivity index (χ4n) is 1.32. The summed E-state index contributed by atoms with van der Waals surface area (Å²) in [6, 6.07) is 7.35. The van der Waals surface area contributed by atoms with E-state index in [4.69, 9.17) is 6.92 Å². The Bertz CT molecular complexity index is 422. The Morgan fingerprint density at radius 3 is 2.65 bits per heavy atom. The Balaban J connectivity index is 0.00000256. The van der Waals surface area contributed by atoms with Crippen molar-refractivity contribution in [1.82, 2.24) is 0 Å². The second kappa shape index (κ2) is 7.76. The van der Waals surface area contributed by atoms with Crippen molar-refractivity contribution in [2.45, 2.75) is 6.42 Å². The molecule has 0 aliphatic carbocycles. The standard InChI is InChI=1S/C14H14O2.Co/c1-4-7-13(14(15)16-3)10-12-9-6-5-8-11(12)2;/h2,4-6,8-10H,1,7H2,3H3;/q-1;/b13-10+;. The molecule has 0 heterocycles. The van der Waals surface area contributed by atoms with Gasteiger partial charge in [-0.15, -0.1) is 24.3 Å². The topological polar surface area (TPSA) is 26.3 Å². The molecule has 0 saturated carbocycles. The molecule has 0 amide bonds. The van der Waals surface area contributed by atoms with Crippen LogP contribution in [0.1, 0.15) is 17.5 Å². The van der Waals surface area contributed by atoms with E-state index in [0.717, 1.165) is 5.56 Å². The molecule has 0 aliphatic rings. The van der Waals surface area contributed by atoms with Crippen LogP contribution in [0.4, 0.5) is 0 Å². The van der Waals surface area contributed by atoms with Gasteiger partial charge in [-0.1, -0.05) is 18.2 Å². The van der Waals surface area contributed by atoms with Crippen LogP contribution in [0.5, 0.6) is 0 Å². The number of allylic oxidation sites excluding steroid dienone is 1. The Labute approximate surface area is 113 Å². The predicted octanol–water partition coefficient (Wildman–Crippen LogP) is 2.88. The maximum atomic E-state index is 11.4. The molecular weight excluding hydrogens is 259 g/mol. The summed E-state index contributed by atoms with van der Waals surface area (Å²) in [4.78, 5) is 11.4. The van der Waals surface area contributed by atoms with Gasteiger partial charge < -0.3 is 4.74 Å². The molecule has 92 valence electrons. The molecule has 17 heavy (non-hydrogen) atoms. The number of rotatable bonds is 4. The largest absolute Gasteiger partial charge is 0.466 e. The number of ether oxygens (including phenoxy) is 1. The third-order valence-electron chi connectivity index (χ3n) is 2.14. The Kier molecular flexibility index (Phi) is 7.10. The zero-order valence-electron chi connectivity index (χ0n) is 9.61. The average Bonchev–Trinajstić information content (AvgIpc) is 2.30. The van der Waals surface area contributed by atoms with Crippen molar-refractivity contribution >= 4 is 12.0 Å². The molecule has 2 nitrogen and oxygen atoms in total. The molecule has 0 bridgehead atoms. The van der Waals surface area contributed by atoms with Crippen LogP contribution in [0, 0.1) is 6.92 Å². The van der Waals surface area contributed by atoms with Gasteiger partial charge in [-0.25, -0.2) is 11.7 Å². The molecule has 0 spiro atoms. The van der Waals surface area contributed by atoms with Gasteiger partial charge >= 0.3 is 5.97 Å². The molecule has 0 fully saturated rings. The van der Waals surface area contributed by atoms with Crippen molar-refractivity contribution < 1.29 is 26.3 Å². The molecule has 1 rings (SSSR count). The fourth-order valence-corrected chi connectivity index (χ4v) is 1.32. The molecule has 3 heteroatoms. The van der Waals surface area contributed by atoms with E-state index in [1.54, 1.807) is 18.2 Å². The molecule has 1 aromatic carbocycles. The molecule has 0 N–H and O–H groups in total. The van der Waals surface area contributed by atoms with Gasteiger partial charge in [0.05, 0.1) is 7.11 Å². The van der Waals surface area contributed by atoms with Crippen LogP contribution in [0.25, 0.3) is 6.08 Å². The second-order valence-electron chi connectivity index (χ2n) is 3.28. The van der Waals surface area contributed by atoms with Crippen molar-refractivity contribution in [3.8, 4) is 0 Å². The summed E-state index contributed by atoms with van der Waals surface area (Å²) in [7, 11) is 1.35. The van der Waals surface area contributed by atoms with Crippen molar-refractivity contribution in [3.05, 3.63) is 60.5 Å². The van der Waals surface area contributed by atoms with Crippen LogP contribution < -0.4 is 0 Å². The van der Waals surface area contributed by atoms with Crippen LogP contribution in [0.3, 0.4) is 0 Å². The zero-order valence-corrected chi connectivity index (χ0v) is 10.6. The van der Waals surface area contributed by atoms with E-state index >= 15 is 0 Å². The summed E-state index contributed by atoms with van der Waals surface area (Å²) in [5.74, 6) is -0.358. The molecule has 0 aliphatic heterocycles. The summed E-state index contributed by atoms with van der Waals surface area (Å²) in [5, 5.41) is 0. The Morgan fingerprint density at radius 1 is 1.47 bits per heavy atom. The molecule has 0 atom stereocenters. The molecular formula is C14H14CoO2-. The SMILES string of the molecule is [CH-]c1ccccc1/C=C(\CC=C)C(=O)OC.[Co]. The van der Waals surface area contributed by atoms with Gasteiger partial charge in [-0.2, -0.15) is 11.6 Å². The second-order valence-corrected chi connectivity index (χ2v) is 3.28. The average molecular weight is 273 g/mol. The van der Waals surface area contributed by atoms with Crippen LogP contribution in [-0.4, -0.2) is 13.1 Å². The van der Waals surface area contributed by atoms with E-state index in [2.05, 4.69) is 11.3 Å². The Hall–Kier alpha value is -1.45. The summed E-state index contributed by atoms with van der Waals surface area (Å²) < 4.78 is 4.68. The van der Waals surface area contributed by atoms with Gasteiger partial charge in [0.15, 0.2) is 0 Å². The summed E-state index contributed by atoms with van der Waals surface area (Å²) >= 11 is 0. The monoisotopic (exact) mass is 273 g/mol. The summed E-state index contributed by atoms with van der Waals surface area (Å²) in [6.07, 6.45) is 3.84. The van der Waals surface area contributed by atoms with E-state index < -0.39 is 0 Å². The maximum absolute atomic E-state index is 11.4.